The van der Waals surface area contributed by atoms with Gasteiger partial charge >= 0.3 is 6.09 Å². The minimum absolute atomic E-state index is 0.144. The van der Waals surface area contributed by atoms with Crippen LogP contribution in [0.1, 0.15) is 55.9 Å². The molecule has 7 heteroatoms. The van der Waals surface area contributed by atoms with Gasteiger partial charge in [-0.2, -0.15) is 5.10 Å². The van der Waals surface area contributed by atoms with Crippen LogP contribution in [0, 0.1) is 0 Å². The smallest absolute Gasteiger partial charge is 0.410 e. The molecular formula is C16H26N4O3. The molecule has 0 saturated heterocycles. The molecule has 1 aromatic rings. The minimum atomic E-state index is -0.519. The Morgan fingerprint density at radius 1 is 1.35 bits per heavy atom. The van der Waals surface area contributed by atoms with E-state index in [1.807, 2.05) is 27.7 Å². The predicted octanol–water partition coefficient (Wildman–Crippen LogP) is 1.85. The van der Waals surface area contributed by atoms with Gasteiger partial charge in [0.25, 0.3) is 5.91 Å². The van der Waals surface area contributed by atoms with Gasteiger partial charge in [-0.05, 0) is 33.6 Å². The van der Waals surface area contributed by atoms with E-state index >= 15 is 0 Å². The summed E-state index contributed by atoms with van der Waals surface area (Å²) >= 11 is 0. The van der Waals surface area contributed by atoms with Crippen LogP contribution in [-0.2, 0) is 24.8 Å². The number of hydrogen-bond acceptors (Lipinski definition) is 4. The van der Waals surface area contributed by atoms with Crippen LogP contribution in [0.2, 0.25) is 0 Å². The second-order valence-electron chi connectivity index (χ2n) is 6.81. The third kappa shape index (κ3) is 4.03. The monoisotopic (exact) mass is 322 g/mol. The zero-order valence-corrected chi connectivity index (χ0v) is 14.6. The Hall–Kier alpha value is -2.05. The number of amides is 2. The number of hydrogen-bond donors (Lipinski definition) is 1. The fourth-order valence-electron chi connectivity index (χ4n) is 2.56. The fourth-order valence-corrected chi connectivity index (χ4v) is 2.56. The topological polar surface area (TPSA) is 76.5 Å². The Bertz CT molecular complexity index is 601. The average molecular weight is 322 g/mol. The normalized spacial score (nSPS) is 14.4. The SMILES string of the molecule is CCCNC(=O)c1nn(C)c2c1CCN(C(=O)OC(C)(C)C)C2. The molecule has 0 atom stereocenters. The number of carbonyl (C=O) groups excluding carboxylic acids is 2. The molecule has 128 valence electrons. The number of aromatic nitrogens is 2. The lowest BCUT2D eigenvalue weighted by Gasteiger charge is -2.30. The number of carbonyl (C=O) groups is 2. The Morgan fingerprint density at radius 2 is 2.04 bits per heavy atom. The van der Waals surface area contributed by atoms with E-state index in [9.17, 15) is 9.59 Å². The highest BCUT2D eigenvalue weighted by atomic mass is 16.6. The van der Waals surface area contributed by atoms with Gasteiger partial charge in [0.05, 0.1) is 12.2 Å². The Kier molecular flexibility index (Phi) is 4.97. The minimum Gasteiger partial charge on any atom is -0.444 e. The van der Waals surface area contributed by atoms with Crippen molar-refractivity contribution in [2.75, 3.05) is 13.1 Å². The summed E-state index contributed by atoms with van der Waals surface area (Å²) in [4.78, 5) is 26.1. The second-order valence-corrected chi connectivity index (χ2v) is 6.81. The molecule has 1 N–H and O–H groups in total. The number of rotatable bonds is 3. The molecule has 2 amide bonds. The Balaban J connectivity index is 2.14. The van der Waals surface area contributed by atoms with E-state index in [4.69, 9.17) is 4.74 Å². The molecule has 7 nitrogen and oxygen atoms in total. The molecule has 0 unspecified atom stereocenters. The van der Waals surface area contributed by atoms with Crippen LogP contribution in [0.3, 0.4) is 0 Å². The number of aryl methyl sites for hydroxylation is 1. The van der Waals surface area contributed by atoms with Crippen molar-refractivity contribution in [3.8, 4) is 0 Å². The van der Waals surface area contributed by atoms with Gasteiger partial charge in [-0.25, -0.2) is 4.79 Å². The summed E-state index contributed by atoms with van der Waals surface area (Å²) in [5.41, 5.74) is 1.78. The van der Waals surface area contributed by atoms with Crippen molar-refractivity contribution in [2.24, 2.45) is 7.05 Å². The molecule has 1 aliphatic rings. The number of ether oxygens (including phenoxy) is 1. The van der Waals surface area contributed by atoms with Crippen molar-refractivity contribution < 1.29 is 14.3 Å². The van der Waals surface area contributed by atoms with Crippen LogP contribution in [0.25, 0.3) is 0 Å². The van der Waals surface area contributed by atoms with E-state index in [1.165, 1.54) is 0 Å². The van der Waals surface area contributed by atoms with E-state index < -0.39 is 5.60 Å². The van der Waals surface area contributed by atoms with Crippen molar-refractivity contribution >= 4 is 12.0 Å². The highest BCUT2D eigenvalue weighted by molar-refractivity contribution is 5.94. The van der Waals surface area contributed by atoms with Gasteiger partial charge in [0.1, 0.15) is 5.60 Å². The first kappa shape index (κ1) is 17.3. The zero-order chi connectivity index (χ0) is 17.2. The van der Waals surface area contributed by atoms with Crippen molar-refractivity contribution in [3.05, 3.63) is 17.0 Å². The standard InChI is InChI=1S/C16H26N4O3/c1-6-8-17-14(21)13-11-7-9-20(10-12(11)19(5)18-13)15(22)23-16(2,3)4/h6-10H2,1-5H3,(H,17,21). The van der Waals surface area contributed by atoms with Crippen molar-refractivity contribution in [1.82, 2.24) is 20.0 Å². The summed E-state index contributed by atoms with van der Waals surface area (Å²) in [5, 5.41) is 7.20. The van der Waals surface area contributed by atoms with Gasteiger partial charge in [0, 0.05) is 25.7 Å². The van der Waals surface area contributed by atoms with Crippen molar-refractivity contribution in [3.63, 3.8) is 0 Å². The van der Waals surface area contributed by atoms with E-state index in [0.29, 0.717) is 31.7 Å². The van der Waals surface area contributed by atoms with Crippen LogP contribution in [0.4, 0.5) is 4.79 Å². The summed E-state index contributed by atoms with van der Waals surface area (Å²) in [6.07, 6.45) is 1.16. The molecule has 2 heterocycles. The molecule has 1 aliphatic heterocycles. The lowest BCUT2D eigenvalue weighted by atomic mass is 10.0. The summed E-state index contributed by atoms with van der Waals surface area (Å²) < 4.78 is 7.10. The number of fused-ring (bicyclic) bond motifs is 1. The summed E-state index contributed by atoms with van der Waals surface area (Å²) in [5.74, 6) is -0.144. The maximum absolute atomic E-state index is 12.2. The number of nitrogens with one attached hydrogen (secondary N) is 1. The molecule has 1 aromatic heterocycles. The fraction of sp³-hybridized carbons (Fsp3) is 0.688. The zero-order valence-electron chi connectivity index (χ0n) is 14.6. The van der Waals surface area contributed by atoms with Gasteiger partial charge in [-0.15, -0.1) is 0 Å². The molecule has 0 radical (unpaired) electrons. The van der Waals surface area contributed by atoms with E-state index in [2.05, 4.69) is 10.4 Å². The van der Waals surface area contributed by atoms with Crippen LogP contribution >= 0.6 is 0 Å². The molecule has 23 heavy (non-hydrogen) atoms. The van der Waals surface area contributed by atoms with E-state index in [-0.39, 0.29) is 12.0 Å². The second kappa shape index (κ2) is 6.60. The predicted molar refractivity (Wildman–Crippen MR) is 86.2 cm³/mol. The first-order valence-electron chi connectivity index (χ1n) is 8.03. The molecule has 0 saturated carbocycles. The number of nitrogens with zero attached hydrogens (tertiary/aromatic N) is 3. The van der Waals surface area contributed by atoms with E-state index in [1.54, 1.807) is 16.6 Å². The van der Waals surface area contributed by atoms with Crippen molar-refractivity contribution in [2.45, 2.75) is 52.7 Å². The highest BCUT2D eigenvalue weighted by Crippen LogP contribution is 2.23. The van der Waals surface area contributed by atoms with Crippen LogP contribution in [-0.4, -0.2) is 45.4 Å². The largest absolute Gasteiger partial charge is 0.444 e. The molecule has 0 bridgehead atoms. The first-order valence-corrected chi connectivity index (χ1v) is 8.03. The molecule has 2 rings (SSSR count). The summed E-state index contributed by atoms with van der Waals surface area (Å²) in [6, 6.07) is 0. The third-order valence-electron chi connectivity index (χ3n) is 3.65. The summed E-state index contributed by atoms with van der Waals surface area (Å²) in [6.45, 7) is 9.12. The van der Waals surface area contributed by atoms with Gasteiger partial charge in [0.15, 0.2) is 5.69 Å². The van der Waals surface area contributed by atoms with Crippen LogP contribution in [0.15, 0.2) is 0 Å². The van der Waals surface area contributed by atoms with Crippen LogP contribution < -0.4 is 5.32 Å². The maximum Gasteiger partial charge on any atom is 0.410 e. The quantitative estimate of drug-likeness (QED) is 0.921. The average Bonchev–Trinajstić information content (AvgIpc) is 2.80. The van der Waals surface area contributed by atoms with E-state index in [0.717, 1.165) is 17.7 Å². The highest BCUT2D eigenvalue weighted by Gasteiger charge is 2.31. The molecule has 0 aliphatic carbocycles. The lowest BCUT2D eigenvalue weighted by molar-refractivity contribution is 0.0219. The first-order chi connectivity index (χ1) is 10.7. The maximum atomic E-state index is 12.2. The molecule has 0 aromatic carbocycles. The van der Waals surface area contributed by atoms with Gasteiger partial charge in [-0.1, -0.05) is 6.92 Å². The summed E-state index contributed by atoms with van der Waals surface area (Å²) in [7, 11) is 1.80. The third-order valence-corrected chi connectivity index (χ3v) is 3.65. The van der Waals surface area contributed by atoms with Crippen molar-refractivity contribution in [1.29, 1.82) is 0 Å². The molecule has 0 fully saturated rings. The Morgan fingerprint density at radius 3 is 2.65 bits per heavy atom. The molecule has 0 spiro atoms. The van der Waals surface area contributed by atoms with Crippen LogP contribution in [0.5, 0.6) is 0 Å². The van der Waals surface area contributed by atoms with Gasteiger partial charge in [0.2, 0.25) is 0 Å². The Labute approximate surface area is 137 Å². The van der Waals surface area contributed by atoms with Gasteiger partial charge < -0.3 is 15.0 Å². The van der Waals surface area contributed by atoms with Gasteiger partial charge in [-0.3, -0.25) is 9.48 Å². The lowest BCUT2D eigenvalue weighted by Crippen LogP contribution is -2.40. The molecular weight excluding hydrogens is 296 g/mol.